The molecule has 2 saturated heterocycles. The fraction of sp³-hybridized carbons (Fsp3) is 0.353. The van der Waals surface area contributed by atoms with Gasteiger partial charge in [-0.25, -0.2) is 9.97 Å². The van der Waals surface area contributed by atoms with E-state index in [-0.39, 0.29) is 17.9 Å². The molecule has 0 spiro atoms. The maximum absolute atomic E-state index is 12.7. The number of aryl methyl sites for hydroxylation is 1. The molecule has 8 heteroatoms. The number of fused-ring (bicyclic) bond motifs is 3. The standard InChI is InChI=1S/C34H36N6O2/c1-23-18-31-35-20-28-19-30(25-6-3-2-4-7-25)32(37-33(28)40(31)38-23)26-11-9-24(10-12-26)22-39-15-13-27(14-16-39)34(41)36-21-29-8-5-17-42-29/h2-4,6-7,9-12,18-20,27,29H,5,8,13-17,21-22H2,1H3,(H,36,41). The maximum atomic E-state index is 12.7. The zero-order valence-corrected chi connectivity index (χ0v) is 24.0. The van der Waals surface area contributed by atoms with Gasteiger partial charge < -0.3 is 10.1 Å². The molecule has 2 aromatic carbocycles. The van der Waals surface area contributed by atoms with Gasteiger partial charge in [-0.3, -0.25) is 9.69 Å². The van der Waals surface area contributed by atoms with Crippen molar-refractivity contribution >= 4 is 22.6 Å². The van der Waals surface area contributed by atoms with Gasteiger partial charge in [0, 0.05) is 54.4 Å². The molecule has 2 fully saturated rings. The van der Waals surface area contributed by atoms with E-state index in [0.29, 0.717) is 6.54 Å². The lowest BCUT2D eigenvalue weighted by molar-refractivity contribution is -0.127. The number of carbonyl (C=O) groups is 1. The quantitative estimate of drug-likeness (QED) is 0.286. The highest BCUT2D eigenvalue weighted by Crippen LogP contribution is 2.34. The zero-order valence-electron chi connectivity index (χ0n) is 24.0. The Morgan fingerprint density at radius 2 is 1.81 bits per heavy atom. The third kappa shape index (κ3) is 5.52. The van der Waals surface area contributed by atoms with Gasteiger partial charge >= 0.3 is 0 Å². The number of piperidine rings is 1. The highest BCUT2D eigenvalue weighted by Gasteiger charge is 2.26. The number of pyridine rings is 1. The molecule has 1 atom stereocenters. The minimum atomic E-state index is 0.0978. The van der Waals surface area contributed by atoms with Crippen molar-refractivity contribution in [2.24, 2.45) is 5.92 Å². The van der Waals surface area contributed by atoms with Crippen molar-refractivity contribution in [2.75, 3.05) is 26.2 Å². The van der Waals surface area contributed by atoms with Gasteiger partial charge in [-0.15, -0.1) is 0 Å². The fourth-order valence-corrected chi connectivity index (χ4v) is 6.25. The monoisotopic (exact) mass is 560 g/mol. The molecule has 0 bridgehead atoms. The summed E-state index contributed by atoms with van der Waals surface area (Å²) in [5, 5.41) is 8.73. The summed E-state index contributed by atoms with van der Waals surface area (Å²) < 4.78 is 7.48. The molecule has 5 aromatic rings. The summed E-state index contributed by atoms with van der Waals surface area (Å²) in [6.07, 6.45) is 6.01. The van der Waals surface area contributed by atoms with Gasteiger partial charge in [0.15, 0.2) is 11.3 Å². The van der Waals surface area contributed by atoms with Crippen molar-refractivity contribution in [1.82, 2.24) is 29.8 Å². The predicted molar refractivity (Wildman–Crippen MR) is 164 cm³/mol. The second kappa shape index (κ2) is 11.6. The molecule has 214 valence electrons. The fourth-order valence-electron chi connectivity index (χ4n) is 6.25. The van der Waals surface area contributed by atoms with Crippen LogP contribution in [0.15, 0.2) is 72.9 Å². The Kier molecular flexibility index (Phi) is 7.40. The molecule has 1 unspecified atom stereocenters. The van der Waals surface area contributed by atoms with Crippen LogP contribution in [0.1, 0.15) is 36.9 Å². The molecular weight excluding hydrogens is 524 g/mol. The van der Waals surface area contributed by atoms with E-state index >= 15 is 0 Å². The van der Waals surface area contributed by atoms with E-state index in [0.717, 1.165) is 96.7 Å². The first-order valence-corrected chi connectivity index (χ1v) is 15.0. The molecule has 2 aliphatic rings. The molecule has 0 radical (unpaired) electrons. The van der Waals surface area contributed by atoms with Crippen LogP contribution in [0.5, 0.6) is 0 Å². The van der Waals surface area contributed by atoms with E-state index in [2.05, 4.69) is 74.9 Å². The summed E-state index contributed by atoms with van der Waals surface area (Å²) in [5.74, 6) is 0.283. The van der Waals surface area contributed by atoms with E-state index in [4.69, 9.17) is 9.72 Å². The molecule has 42 heavy (non-hydrogen) atoms. The topological polar surface area (TPSA) is 84.7 Å². The van der Waals surface area contributed by atoms with Gasteiger partial charge in [-0.1, -0.05) is 54.6 Å². The van der Waals surface area contributed by atoms with Gasteiger partial charge in [0.2, 0.25) is 5.91 Å². The number of rotatable bonds is 7. The van der Waals surface area contributed by atoms with Crippen LogP contribution in [0.4, 0.5) is 0 Å². The zero-order chi connectivity index (χ0) is 28.5. The van der Waals surface area contributed by atoms with Crippen LogP contribution in [-0.2, 0) is 16.1 Å². The minimum Gasteiger partial charge on any atom is -0.376 e. The van der Waals surface area contributed by atoms with Gasteiger partial charge in [-0.05, 0) is 62.9 Å². The second-order valence-electron chi connectivity index (χ2n) is 11.6. The van der Waals surface area contributed by atoms with Crippen molar-refractivity contribution in [1.29, 1.82) is 0 Å². The number of nitrogens with zero attached hydrogens (tertiary/aromatic N) is 5. The van der Waals surface area contributed by atoms with E-state index in [1.54, 1.807) is 0 Å². The summed E-state index contributed by atoms with van der Waals surface area (Å²) in [4.78, 5) is 24.9. The van der Waals surface area contributed by atoms with Gasteiger partial charge in [-0.2, -0.15) is 9.61 Å². The Morgan fingerprint density at radius 3 is 2.57 bits per heavy atom. The van der Waals surface area contributed by atoms with Crippen LogP contribution >= 0.6 is 0 Å². The highest BCUT2D eigenvalue weighted by atomic mass is 16.5. The molecule has 1 amide bonds. The maximum Gasteiger partial charge on any atom is 0.223 e. The lowest BCUT2D eigenvalue weighted by Gasteiger charge is -2.31. The Hall–Kier alpha value is -4.14. The first-order valence-electron chi connectivity index (χ1n) is 15.0. The third-order valence-electron chi connectivity index (χ3n) is 8.58. The van der Waals surface area contributed by atoms with Crippen LogP contribution in [0.2, 0.25) is 0 Å². The number of benzene rings is 2. The van der Waals surface area contributed by atoms with E-state index in [1.165, 1.54) is 5.56 Å². The first-order chi connectivity index (χ1) is 20.6. The lowest BCUT2D eigenvalue weighted by atomic mass is 9.95. The highest BCUT2D eigenvalue weighted by molar-refractivity contribution is 5.90. The number of nitrogens with one attached hydrogen (secondary N) is 1. The summed E-state index contributed by atoms with van der Waals surface area (Å²) in [7, 11) is 0. The summed E-state index contributed by atoms with van der Waals surface area (Å²) in [5.41, 5.74) is 7.95. The molecule has 7 rings (SSSR count). The largest absolute Gasteiger partial charge is 0.376 e. The normalized spacial score (nSPS) is 18.2. The van der Waals surface area contributed by atoms with Crippen LogP contribution in [0, 0.1) is 12.8 Å². The first kappa shape index (κ1) is 26.7. The van der Waals surface area contributed by atoms with Gasteiger partial charge in [0.25, 0.3) is 0 Å². The van der Waals surface area contributed by atoms with Gasteiger partial charge in [0.1, 0.15) is 0 Å². The number of likely N-dealkylation sites (tertiary alicyclic amines) is 1. The predicted octanol–water partition coefficient (Wildman–Crippen LogP) is 5.43. The molecule has 2 aliphatic heterocycles. The van der Waals surface area contributed by atoms with Crippen LogP contribution < -0.4 is 5.32 Å². The molecule has 5 heterocycles. The summed E-state index contributed by atoms with van der Waals surface area (Å²) >= 11 is 0. The number of ether oxygens (including phenoxy) is 1. The lowest BCUT2D eigenvalue weighted by Crippen LogP contribution is -2.42. The van der Waals surface area contributed by atoms with Crippen LogP contribution in [-0.4, -0.2) is 62.7 Å². The summed E-state index contributed by atoms with van der Waals surface area (Å²) in [6.45, 7) is 6.17. The smallest absolute Gasteiger partial charge is 0.223 e. The number of hydrogen-bond acceptors (Lipinski definition) is 6. The molecule has 3 aromatic heterocycles. The average Bonchev–Trinajstić information content (AvgIpc) is 3.70. The number of carbonyl (C=O) groups excluding carboxylic acids is 1. The Morgan fingerprint density at radius 1 is 1.00 bits per heavy atom. The molecular formula is C34H36N6O2. The van der Waals surface area contributed by atoms with Crippen LogP contribution in [0.25, 0.3) is 39.1 Å². The average molecular weight is 561 g/mol. The SMILES string of the molecule is Cc1cc2ncc3cc(-c4ccccc4)c(-c4ccc(CN5CCC(C(=O)NCC6CCCO6)CC5)cc4)nc3n2n1. The van der Waals surface area contributed by atoms with Crippen LogP contribution in [0.3, 0.4) is 0 Å². The number of hydrogen-bond donors (Lipinski definition) is 1. The van der Waals surface area contributed by atoms with Crippen molar-refractivity contribution in [2.45, 2.75) is 45.3 Å². The number of aromatic nitrogens is 4. The Bertz CT molecular complexity index is 1700. The summed E-state index contributed by atoms with van der Waals surface area (Å²) in [6, 6.07) is 23.3. The van der Waals surface area contributed by atoms with Gasteiger partial charge in [0.05, 0.1) is 17.5 Å². The van der Waals surface area contributed by atoms with Crippen molar-refractivity contribution < 1.29 is 9.53 Å². The number of amides is 1. The van der Waals surface area contributed by atoms with Crippen molar-refractivity contribution in [3.63, 3.8) is 0 Å². The molecule has 0 saturated carbocycles. The molecule has 8 nitrogen and oxygen atoms in total. The minimum absolute atomic E-state index is 0.0978. The van der Waals surface area contributed by atoms with E-state index < -0.39 is 0 Å². The van der Waals surface area contributed by atoms with Crippen molar-refractivity contribution in [3.8, 4) is 22.4 Å². The van der Waals surface area contributed by atoms with E-state index in [9.17, 15) is 4.79 Å². The molecule has 0 aliphatic carbocycles. The molecule has 1 N–H and O–H groups in total. The second-order valence-corrected chi connectivity index (χ2v) is 11.6. The Balaban J connectivity index is 1.08. The Labute approximate surface area is 245 Å². The van der Waals surface area contributed by atoms with E-state index in [1.807, 2.05) is 29.8 Å². The third-order valence-corrected chi connectivity index (χ3v) is 8.58. The van der Waals surface area contributed by atoms with Crippen molar-refractivity contribution in [3.05, 3.63) is 84.2 Å².